The molecule has 49 heavy (non-hydrogen) atoms. The summed E-state index contributed by atoms with van der Waals surface area (Å²) in [5.41, 5.74) is 4.01. The van der Waals surface area contributed by atoms with Gasteiger partial charge >= 0.3 is 0 Å². The summed E-state index contributed by atoms with van der Waals surface area (Å²) in [6.07, 6.45) is -1.75. The first-order valence-corrected chi connectivity index (χ1v) is 16.5. The average molecular weight is 831 g/mol. The number of rotatable bonds is 5. The van der Waals surface area contributed by atoms with E-state index in [1.807, 2.05) is 105 Å². The molecule has 0 fully saturated rings. The molecule has 3 heterocycles. The Morgan fingerprint density at radius 2 is 1.41 bits per heavy atom. The van der Waals surface area contributed by atoms with Crippen molar-refractivity contribution in [3.63, 3.8) is 0 Å². The number of aromatic nitrogens is 2. The molecular formula is C45H48IrN2O-2. The number of pyridine rings is 2. The first-order valence-electron chi connectivity index (χ1n) is 19.5. The molecule has 0 spiro atoms. The van der Waals surface area contributed by atoms with E-state index >= 15 is 0 Å². The fraction of sp³-hybridized carbons (Fsp3) is 0.333. The van der Waals surface area contributed by atoms with Gasteiger partial charge < -0.3 is 14.4 Å². The van der Waals surface area contributed by atoms with Gasteiger partial charge in [-0.25, -0.2) is 0 Å². The van der Waals surface area contributed by atoms with E-state index in [0.29, 0.717) is 22.4 Å². The second-order valence-electron chi connectivity index (χ2n) is 15.4. The Balaban J connectivity index is 0.000000208. The number of benzene rings is 4. The molecule has 3 nitrogen and oxygen atoms in total. The smallest absolute Gasteiger partial charge is 0.121 e. The van der Waals surface area contributed by atoms with Gasteiger partial charge in [-0.05, 0) is 80.8 Å². The molecule has 0 saturated heterocycles. The van der Waals surface area contributed by atoms with Crippen molar-refractivity contribution in [2.75, 3.05) is 0 Å². The minimum absolute atomic E-state index is 0. The quantitative estimate of drug-likeness (QED) is 0.128. The van der Waals surface area contributed by atoms with Gasteiger partial charge in [0.25, 0.3) is 0 Å². The molecule has 4 aromatic carbocycles. The van der Waals surface area contributed by atoms with E-state index in [4.69, 9.17) is 12.6 Å². The Labute approximate surface area is 314 Å². The van der Waals surface area contributed by atoms with Crippen LogP contribution in [-0.2, 0) is 39.2 Å². The molecule has 0 N–H and O–H groups in total. The largest absolute Gasteiger partial charge is 0.500 e. The summed E-state index contributed by atoms with van der Waals surface area (Å²) in [5.74, 6) is 0. The number of nitrogens with zero attached hydrogens (tertiary/aromatic N) is 2. The van der Waals surface area contributed by atoms with Gasteiger partial charge in [-0.2, -0.15) is 0 Å². The maximum absolute atomic E-state index is 8.77. The summed E-state index contributed by atoms with van der Waals surface area (Å²) < 4.78 is 58.1. The maximum atomic E-state index is 8.77. The third-order valence-corrected chi connectivity index (χ3v) is 7.53. The molecule has 1 radical (unpaired) electrons. The van der Waals surface area contributed by atoms with Crippen molar-refractivity contribution in [3.8, 4) is 22.5 Å². The number of hydrogen-bond acceptors (Lipinski definition) is 3. The molecule has 0 saturated carbocycles. The van der Waals surface area contributed by atoms with Crippen molar-refractivity contribution in [1.82, 2.24) is 9.97 Å². The standard InChI is InChI=1S/C24H20NO.C21H28N.Ir/c1-24(2,3)14-15-11-12-25-19(13-15)17-9-10-21-23-18(17)8-7-16-5-4-6-20(26-21)22(16)23;1-20(2,3)13-17-12-19(16-10-8-7-9-11-16)22-15-18(17)14-21(4,5)6;/h4-8,10-13H,14H2,1-3H3;7-10,12,15H,13-14H2,1-6H3;/q2*-1;/i14D2;13D2,14D2;. The van der Waals surface area contributed by atoms with Crippen molar-refractivity contribution in [2.24, 2.45) is 16.2 Å². The van der Waals surface area contributed by atoms with Crippen LogP contribution in [0.15, 0.2) is 95.7 Å². The Hall–Kier alpha value is -3.85. The summed E-state index contributed by atoms with van der Waals surface area (Å²) >= 11 is 0. The van der Waals surface area contributed by atoms with Gasteiger partial charge in [-0.15, -0.1) is 53.6 Å². The Morgan fingerprint density at radius 1 is 0.673 bits per heavy atom. The summed E-state index contributed by atoms with van der Waals surface area (Å²) in [4.78, 5) is 8.99. The second-order valence-corrected chi connectivity index (χ2v) is 15.4. The fourth-order valence-corrected chi connectivity index (χ4v) is 5.84. The van der Waals surface area contributed by atoms with E-state index in [1.165, 1.54) is 6.20 Å². The van der Waals surface area contributed by atoms with Gasteiger partial charge in [0.05, 0.1) is 5.58 Å². The van der Waals surface area contributed by atoms with Crippen molar-refractivity contribution in [2.45, 2.75) is 81.4 Å². The van der Waals surface area contributed by atoms with E-state index in [-0.39, 0.29) is 20.1 Å². The number of furan rings is 1. The van der Waals surface area contributed by atoms with Crippen LogP contribution < -0.4 is 0 Å². The molecular weight excluding hydrogens is 777 g/mol. The molecule has 0 aliphatic rings. The van der Waals surface area contributed by atoms with Crippen LogP contribution >= 0.6 is 0 Å². The van der Waals surface area contributed by atoms with Gasteiger partial charge in [0.15, 0.2) is 0 Å². The molecule has 0 aliphatic carbocycles. The molecule has 0 unspecified atom stereocenters. The fourth-order valence-electron chi connectivity index (χ4n) is 5.84. The van der Waals surface area contributed by atoms with E-state index < -0.39 is 35.4 Å². The molecule has 7 rings (SSSR count). The third-order valence-electron chi connectivity index (χ3n) is 7.53. The first kappa shape index (κ1) is 28.9. The van der Waals surface area contributed by atoms with Crippen LogP contribution in [0.25, 0.3) is 55.2 Å². The van der Waals surface area contributed by atoms with Crippen molar-refractivity contribution >= 4 is 32.7 Å². The van der Waals surface area contributed by atoms with Crippen molar-refractivity contribution in [1.29, 1.82) is 0 Å². The monoisotopic (exact) mass is 831 g/mol. The van der Waals surface area contributed by atoms with Crippen LogP contribution in [0, 0.1) is 28.4 Å². The van der Waals surface area contributed by atoms with E-state index in [9.17, 15) is 0 Å². The van der Waals surface area contributed by atoms with Crippen LogP contribution in [0.4, 0.5) is 0 Å². The zero-order valence-corrected chi connectivity index (χ0v) is 32.2. The predicted molar refractivity (Wildman–Crippen MR) is 202 cm³/mol. The topological polar surface area (TPSA) is 38.9 Å². The van der Waals surface area contributed by atoms with Crippen molar-refractivity contribution < 1.29 is 32.7 Å². The van der Waals surface area contributed by atoms with Crippen molar-refractivity contribution in [3.05, 3.63) is 120 Å². The van der Waals surface area contributed by atoms with Gasteiger partial charge in [-0.3, -0.25) is 0 Å². The summed E-state index contributed by atoms with van der Waals surface area (Å²) in [5, 5.41) is 4.36. The summed E-state index contributed by atoms with van der Waals surface area (Å²) in [7, 11) is 0. The maximum Gasteiger partial charge on any atom is 0.121 e. The predicted octanol–water partition coefficient (Wildman–Crippen LogP) is 12.4. The summed E-state index contributed by atoms with van der Waals surface area (Å²) in [6.45, 7) is 16.7. The Morgan fingerprint density at radius 3 is 2.10 bits per heavy atom. The van der Waals surface area contributed by atoms with Crippen LogP contribution in [0.1, 0.15) is 87.2 Å². The van der Waals surface area contributed by atoms with Gasteiger partial charge in [0.1, 0.15) is 5.58 Å². The SMILES string of the molecule is [2H]C([2H])(c1ccnc(-c2[c-]cc3oc4cccc5ccc2c3c54)c1)C(C)(C)C.[2H]C([2H])(c1cnc(-c2[c-]cccc2)cc1C([2H])([2H])C(C)(C)C)C(C)(C)C.[Ir]. The molecule has 0 atom stereocenters. The molecule has 4 heteroatoms. The first-order chi connectivity index (χ1) is 25.0. The van der Waals surface area contributed by atoms with Crippen LogP contribution in [0.2, 0.25) is 0 Å². The van der Waals surface area contributed by atoms with Gasteiger partial charge in [0.2, 0.25) is 0 Å². The van der Waals surface area contributed by atoms with Crippen LogP contribution in [0.5, 0.6) is 0 Å². The minimum atomic E-state index is -1.73. The molecule has 7 aromatic rings. The third kappa shape index (κ3) is 8.85. The molecule has 0 bridgehead atoms. The summed E-state index contributed by atoms with van der Waals surface area (Å²) in [6, 6.07) is 31.3. The normalized spacial score (nSPS) is 15.0. The average Bonchev–Trinajstić information content (AvgIpc) is 3.49. The van der Waals surface area contributed by atoms with E-state index in [0.717, 1.165) is 49.5 Å². The molecule has 3 aromatic heterocycles. The molecule has 0 amide bonds. The van der Waals surface area contributed by atoms with E-state index in [2.05, 4.69) is 40.3 Å². The zero-order chi connectivity index (χ0) is 39.6. The van der Waals surface area contributed by atoms with E-state index in [1.54, 1.807) is 24.4 Å². The van der Waals surface area contributed by atoms with Crippen LogP contribution in [0.3, 0.4) is 0 Å². The van der Waals surface area contributed by atoms with Gasteiger partial charge in [-0.1, -0.05) is 110 Å². The molecule has 255 valence electrons. The second kappa shape index (κ2) is 14.2. The number of hydrogen-bond donors (Lipinski definition) is 0. The zero-order valence-electron chi connectivity index (χ0n) is 35.8. The minimum Gasteiger partial charge on any atom is -0.500 e. The van der Waals surface area contributed by atoms with Gasteiger partial charge in [0, 0.05) is 46.1 Å². The Kier molecular flexibility index (Phi) is 8.37. The van der Waals surface area contributed by atoms with Crippen LogP contribution in [-0.4, -0.2) is 9.97 Å². The molecule has 0 aliphatic heterocycles. The Bertz CT molecular complexity index is 2440.